The van der Waals surface area contributed by atoms with Crippen LogP contribution in [0.2, 0.25) is 0 Å². The minimum Gasteiger partial charge on any atom is -0.368 e. The topological polar surface area (TPSA) is 33.8 Å². The summed E-state index contributed by atoms with van der Waals surface area (Å²) < 4.78 is 11.1. The van der Waals surface area contributed by atoms with E-state index in [1.165, 1.54) is 0 Å². The molecule has 1 N–H and O–H groups in total. The predicted molar refractivity (Wildman–Crippen MR) is 34.8 cm³/mol. The Morgan fingerprint density at radius 3 is 3.00 bits per heavy atom. The van der Waals surface area contributed by atoms with Gasteiger partial charge in [-0.1, -0.05) is 0 Å². The first-order chi connectivity index (χ1) is 4.91. The average Bonchev–Trinajstić information content (AvgIpc) is 2.49. The molecule has 1 spiro atoms. The lowest BCUT2D eigenvalue weighted by Crippen LogP contribution is -2.37. The van der Waals surface area contributed by atoms with Gasteiger partial charge in [-0.15, -0.1) is 0 Å². The number of rotatable bonds is 0. The third-order valence-electron chi connectivity index (χ3n) is 2.79. The largest absolute Gasteiger partial charge is 0.368 e. The average molecular weight is 141 g/mol. The van der Waals surface area contributed by atoms with Gasteiger partial charge in [-0.2, -0.15) is 0 Å². The Bertz CT molecular complexity index is 159. The van der Waals surface area contributed by atoms with Crippen LogP contribution in [0, 0.1) is 0 Å². The van der Waals surface area contributed by atoms with Gasteiger partial charge in [0.05, 0.1) is 6.61 Å². The highest BCUT2D eigenvalue weighted by Gasteiger charge is 2.62. The monoisotopic (exact) mass is 141 g/mol. The maximum absolute atomic E-state index is 5.68. The highest BCUT2D eigenvalue weighted by molar-refractivity contribution is 5.11. The van der Waals surface area contributed by atoms with E-state index in [-0.39, 0.29) is 5.60 Å². The third-order valence-corrected chi connectivity index (χ3v) is 2.79. The van der Waals surface area contributed by atoms with Crippen molar-refractivity contribution in [3.8, 4) is 0 Å². The molecule has 3 heteroatoms. The zero-order valence-electron chi connectivity index (χ0n) is 5.80. The lowest BCUT2D eigenvalue weighted by Gasteiger charge is -2.21. The fraction of sp³-hybridized carbons (Fsp3) is 1.00. The van der Waals surface area contributed by atoms with Gasteiger partial charge < -0.3 is 14.8 Å². The second kappa shape index (κ2) is 1.55. The van der Waals surface area contributed by atoms with E-state index in [1.807, 2.05) is 0 Å². The Labute approximate surface area is 59.7 Å². The molecule has 3 nitrogen and oxygen atoms in total. The normalized spacial score (nSPS) is 57.6. The van der Waals surface area contributed by atoms with Gasteiger partial charge in [0.25, 0.3) is 0 Å². The number of fused-ring (bicyclic) bond motifs is 2. The summed E-state index contributed by atoms with van der Waals surface area (Å²) in [6, 6.07) is 0. The fourth-order valence-electron chi connectivity index (χ4n) is 2.12. The van der Waals surface area contributed by atoms with Crippen molar-refractivity contribution in [3.05, 3.63) is 0 Å². The van der Waals surface area contributed by atoms with Gasteiger partial charge in [0, 0.05) is 6.54 Å². The molecular formula is C7H11NO2. The minimum absolute atomic E-state index is 0.0880. The van der Waals surface area contributed by atoms with Gasteiger partial charge in [-0.05, 0) is 13.0 Å². The summed E-state index contributed by atoms with van der Waals surface area (Å²) in [7, 11) is 0. The summed E-state index contributed by atoms with van der Waals surface area (Å²) in [6.45, 7) is 2.91. The molecule has 3 unspecified atom stereocenters. The van der Waals surface area contributed by atoms with Crippen LogP contribution in [-0.2, 0) is 9.47 Å². The van der Waals surface area contributed by atoms with Crippen molar-refractivity contribution in [1.82, 2.24) is 5.32 Å². The van der Waals surface area contributed by atoms with E-state index in [1.54, 1.807) is 0 Å². The van der Waals surface area contributed by atoms with Crippen LogP contribution in [0.4, 0.5) is 0 Å². The van der Waals surface area contributed by atoms with Crippen molar-refractivity contribution < 1.29 is 9.47 Å². The zero-order chi connectivity index (χ0) is 6.60. The maximum Gasteiger partial charge on any atom is 0.117 e. The van der Waals surface area contributed by atoms with Crippen LogP contribution < -0.4 is 5.32 Å². The second-order valence-corrected chi connectivity index (χ2v) is 3.40. The van der Waals surface area contributed by atoms with E-state index in [0.29, 0.717) is 12.2 Å². The molecule has 3 aliphatic heterocycles. The highest BCUT2D eigenvalue weighted by atomic mass is 16.7. The van der Waals surface area contributed by atoms with Gasteiger partial charge in [-0.3, -0.25) is 0 Å². The van der Waals surface area contributed by atoms with E-state index < -0.39 is 0 Å². The Hall–Kier alpha value is -0.120. The Morgan fingerprint density at radius 2 is 2.50 bits per heavy atom. The first kappa shape index (κ1) is 5.52. The summed E-state index contributed by atoms with van der Waals surface area (Å²) in [5.74, 6) is 0. The minimum atomic E-state index is 0.0880. The van der Waals surface area contributed by atoms with E-state index >= 15 is 0 Å². The lowest BCUT2D eigenvalue weighted by atomic mass is 9.99. The van der Waals surface area contributed by atoms with Crippen molar-refractivity contribution in [2.75, 3.05) is 19.7 Å². The van der Waals surface area contributed by atoms with Gasteiger partial charge in [0.2, 0.25) is 0 Å². The van der Waals surface area contributed by atoms with Crippen LogP contribution in [0.1, 0.15) is 6.42 Å². The summed E-state index contributed by atoms with van der Waals surface area (Å²) in [5, 5.41) is 3.31. The fourth-order valence-corrected chi connectivity index (χ4v) is 2.12. The molecule has 10 heavy (non-hydrogen) atoms. The predicted octanol–water partition coefficient (Wildman–Crippen LogP) is -0.484. The summed E-state index contributed by atoms with van der Waals surface area (Å²) in [6.07, 6.45) is 2.01. The maximum atomic E-state index is 5.68. The van der Waals surface area contributed by atoms with E-state index in [4.69, 9.17) is 9.47 Å². The quantitative estimate of drug-likeness (QED) is 0.462. The molecule has 56 valence electrons. The number of hydrogen-bond donors (Lipinski definition) is 1. The molecule has 3 saturated heterocycles. The molecule has 0 aromatic carbocycles. The van der Waals surface area contributed by atoms with Crippen LogP contribution >= 0.6 is 0 Å². The Morgan fingerprint density at radius 1 is 1.50 bits per heavy atom. The van der Waals surface area contributed by atoms with Crippen LogP contribution in [0.15, 0.2) is 0 Å². The van der Waals surface area contributed by atoms with Crippen LogP contribution in [-0.4, -0.2) is 37.5 Å². The molecule has 0 aliphatic carbocycles. The molecule has 3 atom stereocenters. The van der Waals surface area contributed by atoms with E-state index in [0.717, 1.165) is 26.1 Å². The van der Waals surface area contributed by atoms with Crippen LogP contribution in [0.3, 0.4) is 0 Å². The van der Waals surface area contributed by atoms with E-state index in [9.17, 15) is 0 Å². The Kier molecular flexibility index (Phi) is 0.854. The molecule has 0 aromatic rings. The molecule has 0 amide bonds. The van der Waals surface area contributed by atoms with Gasteiger partial charge in [0.15, 0.2) is 0 Å². The standard InChI is InChI=1S/C7H11NO2/c1-2-8-4-7(1)6-5(10-6)3-9-7/h5-6,8H,1-4H2. The first-order valence-electron chi connectivity index (χ1n) is 3.91. The third kappa shape index (κ3) is 0.516. The number of ether oxygens (including phenoxy) is 2. The van der Waals surface area contributed by atoms with Crippen molar-refractivity contribution in [1.29, 1.82) is 0 Å². The number of epoxide rings is 1. The molecule has 0 aromatic heterocycles. The molecule has 0 saturated carbocycles. The van der Waals surface area contributed by atoms with Crippen molar-refractivity contribution in [2.45, 2.75) is 24.2 Å². The summed E-state index contributed by atoms with van der Waals surface area (Å²) in [5.41, 5.74) is 0.0880. The van der Waals surface area contributed by atoms with Crippen molar-refractivity contribution in [3.63, 3.8) is 0 Å². The van der Waals surface area contributed by atoms with Crippen molar-refractivity contribution >= 4 is 0 Å². The Balaban J connectivity index is 1.89. The summed E-state index contributed by atoms with van der Waals surface area (Å²) >= 11 is 0. The highest BCUT2D eigenvalue weighted by Crippen LogP contribution is 2.45. The van der Waals surface area contributed by atoms with E-state index in [2.05, 4.69) is 5.32 Å². The molecule has 0 bridgehead atoms. The van der Waals surface area contributed by atoms with Crippen LogP contribution in [0.25, 0.3) is 0 Å². The smallest absolute Gasteiger partial charge is 0.117 e. The number of hydrogen-bond acceptors (Lipinski definition) is 3. The second-order valence-electron chi connectivity index (χ2n) is 3.40. The van der Waals surface area contributed by atoms with Crippen molar-refractivity contribution in [2.24, 2.45) is 0 Å². The SMILES string of the molecule is C1CC2(CN1)OCC1OC12. The van der Waals surface area contributed by atoms with Gasteiger partial charge in [-0.25, -0.2) is 0 Å². The molecule has 0 radical (unpaired) electrons. The number of nitrogens with one attached hydrogen (secondary N) is 1. The lowest BCUT2D eigenvalue weighted by molar-refractivity contribution is -0.0453. The summed E-state index contributed by atoms with van der Waals surface area (Å²) in [4.78, 5) is 0. The van der Waals surface area contributed by atoms with Gasteiger partial charge >= 0.3 is 0 Å². The molecule has 3 aliphatic rings. The molecular weight excluding hydrogens is 130 g/mol. The zero-order valence-corrected chi connectivity index (χ0v) is 5.80. The first-order valence-corrected chi connectivity index (χ1v) is 3.91. The van der Waals surface area contributed by atoms with Crippen LogP contribution in [0.5, 0.6) is 0 Å². The molecule has 3 rings (SSSR count). The molecule has 3 fully saturated rings. The van der Waals surface area contributed by atoms with Gasteiger partial charge in [0.1, 0.15) is 17.8 Å². The molecule has 3 heterocycles.